The maximum Gasteiger partial charge on any atom is 0.124 e. The third-order valence-electron chi connectivity index (χ3n) is 5.75. The molecular formula is C24H34N2O2. The molecule has 0 bridgehead atoms. The van der Waals surface area contributed by atoms with E-state index in [-0.39, 0.29) is 0 Å². The van der Waals surface area contributed by atoms with Crippen LogP contribution in [-0.4, -0.2) is 56.7 Å². The molecule has 1 fully saturated rings. The van der Waals surface area contributed by atoms with Crippen molar-refractivity contribution < 1.29 is 9.47 Å². The van der Waals surface area contributed by atoms with Gasteiger partial charge in [0.2, 0.25) is 0 Å². The monoisotopic (exact) mass is 382 g/mol. The average molecular weight is 383 g/mol. The second-order valence-corrected chi connectivity index (χ2v) is 7.83. The summed E-state index contributed by atoms with van der Waals surface area (Å²) in [6, 6.07) is 17.9. The molecule has 1 saturated heterocycles. The first-order valence-electron chi connectivity index (χ1n) is 10.3. The fourth-order valence-corrected chi connectivity index (χ4v) is 4.12. The van der Waals surface area contributed by atoms with E-state index in [9.17, 15) is 0 Å². The third-order valence-corrected chi connectivity index (χ3v) is 5.75. The van der Waals surface area contributed by atoms with Gasteiger partial charge >= 0.3 is 0 Å². The van der Waals surface area contributed by atoms with E-state index in [2.05, 4.69) is 65.4 Å². The summed E-state index contributed by atoms with van der Waals surface area (Å²) in [5, 5.41) is 0. The standard InChI is InChI=1S/C24H34N2O2/c1-25(15-13-20-8-5-4-6-9-20)23-10-7-14-26(18-23)17-21-11-12-24(28-3)22(16-21)19-27-2/h4-6,8-9,11-12,16,23H,7,10,13-15,17-19H2,1-3H3/t23-/m0/s1. The Balaban J connectivity index is 1.55. The summed E-state index contributed by atoms with van der Waals surface area (Å²) in [6.07, 6.45) is 3.67. The van der Waals surface area contributed by atoms with Crippen LogP contribution in [0.4, 0.5) is 0 Å². The summed E-state index contributed by atoms with van der Waals surface area (Å²) in [7, 11) is 5.72. The fraction of sp³-hybridized carbons (Fsp3) is 0.500. The van der Waals surface area contributed by atoms with Crippen LogP contribution in [0.2, 0.25) is 0 Å². The van der Waals surface area contributed by atoms with Crippen LogP contribution < -0.4 is 4.74 Å². The molecule has 1 atom stereocenters. The van der Waals surface area contributed by atoms with Crippen LogP contribution >= 0.6 is 0 Å². The maximum absolute atomic E-state index is 5.45. The first kappa shape index (κ1) is 20.8. The van der Waals surface area contributed by atoms with Gasteiger partial charge in [-0.3, -0.25) is 4.90 Å². The Labute approximate surface area is 170 Å². The molecule has 4 nitrogen and oxygen atoms in total. The van der Waals surface area contributed by atoms with Crippen molar-refractivity contribution in [3.05, 3.63) is 65.2 Å². The third kappa shape index (κ3) is 5.81. The second-order valence-electron chi connectivity index (χ2n) is 7.83. The van der Waals surface area contributed by atoms with Gasteiger partial charge in [-0.1, -0.05) is 36.4 Å². The van der Waals surface area contributed by atoms with E-state index in [1.807, 2.05) is 0 Å². The van der Waals surface area contributed by atoms with Crippen LogP contribution in [0.15, 0.2) is 48.5 Å². The lowest BCUT2D eigenvalue weighted by Crippen LogP contribution is -2.46. The summed E-state index contributed by atoms with van der Waals surface area (Å²) in [4.78, 5) is 5.13. The molecule has 152 valence electrons. The van der Waals surface area contributed by atoms with Gasteiger partial charge in [-0.2, -0.15) is 0 Å². The van der Waals surface area contributed by atoms with Crippen LogP contribution in [0, 0.1) is 0 Å². The van der Waals surface area contributed by atoms with Crippen molar-refractivity contribution in [2.45, 2.75) is 38.5 Å². The lowest BCUT2D eigenvalue weighted by atomic mass is 10.0. The van der Waals surface area contributed by atoms with Gasteiger partial charge in [0, 0.05) is 38.3 Å². The summed E-state index contributed by atoms with van der Waals surface area (Å²) in [5.74, 6) is 0.905. The van der Waals surface area contributed by atoms with Gasteiger partial charge in [-0.25, -0.2) is 0 Å². The minimum absolute atomic E-state index is 0.585. The molecule has 1 aliphatic rings. The average Bonchev–Trinajstić information content (AvgIpc) is 2.73. The summed E-state index contributed by atoms with van der Waals surface area (Å²) >= 11 is 0. The lowest BCUT2D eigenvalue weighted by Gasteiger charge is -2.38. The molecule has 3 rings (SSSR count). The number of likely N-dealkylation sites (N-methyl/N-ethyl adjacent to an activating group) is 1. The number of ether oxygens (including phenoxy) is 2. The Morgan fingerprint density at radius 3 is 2.64 bits per heavy atom. The predicted molar refractivity (Wildman–Crippen MR) is 115 cm³/mol. The van der Waals surface area contributed by atoms with Gasteiger partial charge in [0.15, 0.2) is 0 Å². The SMILES string of the molecule is COCc1cc(CN2CCC[C@H](N(C)CCc3ccccc3)C2)ccc1OC. The molecule has 0 N–H and O–H groups in total. The normalized spacial score (nSPS) is 17.8. The van der Waals surface area contributed by atoms with E-state index in [1.165, 1.54) is 30.5 Å². The minimum atomic E-state index is 0.585. The van der Waals surface area contributed by atoms with Gasteiger partial charge in [0.05, 0.1) is 13.7 Å². The molecule has 0 unspecified atom stereocenters. The van der Waals surface area contributed by atoms with E-state index in [0.717, 1.165) is 37.4 Å². The van der Waals surface area contributed by atoms with Gasteiger partial charge in [0.1, 0.15) is 5.75 Å². The Bertz CT molecular complexity index is 720. The van der Waals surface area contributed by atoms with Crippen molar-refractivity contribution in [3.63, 3.8) is 0 Å². The zero-order chi connectivity index (χ0) is 19.8. The van der Waals surface area contributed by atoms with Crippen LogP contribution in [0.3, 0.4) is 0 Å². The number of hydrogen-bond donors (Lipinski definition) is 0. The van der Waals surface area contributed by atoms with Crippen LogP contribution in [0.25, 0.3) is 0 Å². The number of benzene rings is 2. The van der Waals surface area contributed by atoms with Crippen LogP contribution in [0.1, 0.15) is 29.5 Å². The summed E-state index contributed by atoms with van der Waals surface area (Å²) < 4.78 is 10.8. The van der Waals surface area contributed by atoms with Crippen molar-refractivity contribution in [1.29, 1.82) is 0 Å². The summed E-state index contributed by atoms with van der Waals surface area (Å²) in [5.41, 5.74) is 3.88. The topological polar surface area (TPSA) is 24.9 Å². The fourth-order valence-electron chi connectivity index (χ4n) is 4.12. The largest absolute Gasteiger partial charge is 0.496 e. The zero-order valence-corrected chi connectivity index (χ0v) is 17.6. The molecular weight excluding hydrogens is 348 g/mol. The molecule has 2 aromatic carbocycles. The Morgan fingerprint density at radius 2 is 1.89 bits per heavy atom. The number of piperidine rings is 1. The van der Waals surface area contributed by atoms with Crippen molar-refractivity contribution in [1.82, 2.24) is 9.80 Å². The first-order chi connectivity index (χ1) is 13.7. The highest BCUT2D eigenvalue weighted by Crippen LogP contribution is 2.23. The predicted octanol–water partition coefficient (Wildman–Crippen LogP) is 3.98. The van der Waals surface area contributed by atoms with Crippen molar-refractivity contribution >= 4 is 0 Å². The van der Waals surface area contributed by atoms with Crippen molar-refractivity contribution in [2.75, 3.05) is 40.9 Å². The molecule has 1 aliphatic heterocycles. The molecule has 28 heavy (non-hydrogen) atoms. The van der Waals surface area contributed by atoms with E-state index in [0.29, 0.717) is 12.6 Å². The second kappa shape index (κ2) is 10.6. The summed E-state index contributed by atoms with van der Waals surface area (Å²) in [6.45, 7) is 5.00. The molecule has 0 aliphatic carbocycles. The quantitative estimate of drug-likeness (QED) is 0.655. The van der Waals surface area contributed by atoms with Gasteiger partial charge < -0.3 is 14.4 Å². The molecule has 0 aromatic heterocycles. The first-order valence-corrected chi connectivity index (χ1v) is 10.3. The molecule has 4 heteroatoms. The van der Waals surface area contributed by atoms with Gasteiger partial charge in [-0.15, -0.1) is 0 Å². The smallest absolute Gasteiger partial charge is 0.124 e. The van der Waals surface area contributed by atoms with E-state index in [1.54, 1.807) is 14.2 Å². The van der Waals surface area contributed by atoms with E-state index >= 15 is 0 Å². The number of rotatable bonds is 9. The molecule has 1 heterocycles. The Kier molecular flexibility index (Phi) is 7.90. The van der Waals surface area contributed by atoms with Crippen LogP contribution in [-0.2, 0) is 24.3 Å². The minimum Gasteiger partial charge on any atom is -0.496 e. The Hall–Kier alpha value is -1.88. The number of methoxy groups -OCH3 is 2. The zero-order valence-electron chi connectivity index (χ0n) is 17.6. The number of hydrogen-bond acceptors (Lipinski definition) is 4. The highest BCUT2D eigenvalue weighted by atomic mass is 16.5. The molecule has 0 spiro atoms. The van der Waals surface area contributed by atoms with Gasteiger partial charge in [0.25, 0.3) is 0 Å². The van der Waals surface area contributed by atoms with Crippen LogP contribution in [0.5, 0.6) is 5.75 Å². The Morgan fingerprint density at radius 1 is 1.07 bits per heavy atom. The van der Waals surface area contributed by atoms with Crippen molar-refractivity contribution in [2.24, 2.45) is 0 Å². The number of likely N-dealkylation sites (tertiary alicyclic amines) is 1. The lowest BCUT2D eigenvalue weighted by molar-refractivity contribution is 0.112. The van der Waals surface area contributed by atoms with Crippen molar-refractivity contribution in [3.8, 4) is 5.75 Å². The maximum atomic E-state index is 5.45. The molecule has 0 radical (unpaired) electrons. The number of nitrogens with zero attached hydrogens (tertiary/aromatic N) is 2. The molecule has 2 aromatic rings. The van der Waals surface area contributed by atoms with Gasteiger partial charge in [-0.05, 0) is 56.1 Å². The highest BCUT2D eigenvalue weighted by Gasteiger charge is 2.23. The van der Waals surface area contributed by atoms with E-state index in [4.69, 9.17) is 9.47 Å². The molecule has 0 saturated carbocycles. The molecule has 0 amide bonds. The van der Waals surface area contributed by atoms with E-state index < -0.39 is 0 Å². The highest BCUT2D eigenvalue weighted by molar-refractivity contribution is 5.37.